The molecule has 3 aromatic rings. The number of carbonyl (C=O) groups is 1. The van der Waals surface area contributed by atoms with Crippen molar-refractivity contribution in [1.29, 1.82) is 0 Å². The molecule has 0 aromatic heterocycles. The maximum atomic E-state index is 11.2. The van der Waals surface area contributed by atoms with E-state index in [4.69, 9.17) is 17.2 Å². The summed E-state index contributed by atoms with van der Waals surface area (Å²) in [5.41, 5.74) is 23.0. The number of hydrogen-bond donors (Lipinski definition) is 3. The smallest absolute Gasteiger partial charge is 0.248 e. The van der Waals surface area contributed by atoms with Gasteiger partial charge >= 0.3 is 0 Å². The van der Waals surface area contributed by atoms with E-state index in [1.54, 1.807) is 30.5 Å². The molecule has 0 saturated carbocycles. The largest absolute Gasteiger partial charge is 0.398 e. The van der Waals surface area contributed by atoms with E-state index in [-0.39, 0.29) is 0 Å². The highest BCUT2D eigenvalue weighted by atomic mass is 16.1. The Balaban J connectivity index is 1.75. The second-order valence-corrected chi connectivity index (χ2v) is 6.34. The Kier molecular flexibility index (Phi) is 5.87. The molecule has 5 heteroatoms. The van der Waals surface area contributed by atoms with Crippen LogP contribution in [-0.4, -0.2) is 12.1 Å². The number of primary amides is 1. The van der Waals surface area contributed by atoms with Gasteiger partial charge in [0.15, 0.2) is 0 Å². The van der Waals surface area contributed by atoms with Gasteiger partial charge in [0.2, 0.25) is 5.91 Å². The molecule has 0 bridgehead atoms. The van der Waals surface area contributed by atoms with Crippen LogP contribution in [0.1, 0.15) is 21.5 Å². The van der Waals surface area contributed by atoms with E-state index < -0.39 is 5.91 Å². The predicted molar refractivity (Wildman–Crippen MR) is 116 cm³/mol. The Morgan fingerprint density at radius 1 is 0.893 bits per heavy atom. The standard InChI is InChI=1S/C23H22N4O/c24-21-10-9-18(17-6-2-1-3-7-17)14-20(21)22(25)11-12-27-15-16-5-4-8-19(13-16)23(26)28/h1-14H,15,24-25H2,(H2,26,28). The normalized spacial score (nSPS) is 11.6. The summed E-state index contributed by atoms with van der Waals surface area (Å²) in [4.78, 5) is 15.6. The van der Waals surface area contributed by atoms with Crippen LogP contribution in [0.4, 0.5) is 5.69 Å². The van der Waals surface area contributed by atoms with E-state index >= 15 is 0 Å². The number of anilines is 1. The Morgan fingerprint density at radius 2 is 1.68 bits per heavy atom. The lowest BCUT2D eigenvalue weighted by atomic mass is 10.0. The highest BCUT2D eigenvalue weighted by Crippen LogP contribution is 2.26. The van der Waals surface area contributed by atoms with Gasteiger partial charge in [-0.15, -0.1) is 0 Å². The fourth-order valence-electron chi connectivity index (χ4n) is 2.82. The van der Waals surface area contributed by atoms with E-state index in [2.05, 4.69) is 4.99 Å². The lowest BCUT2D eigenvalue weighted by Gasteiger charge is -2.09. The predicted octanol–water partition coefficient (Wildman–Crippen LogP) is 3.61. The van der Waals surface area contributed by atoms with Gasteiger partial charge in [0.1, 0.15) is 0 Å². The van der Waals surface area contributed by atoms with Gasteiger partial charge < -0.3 is 17.2 Å². The molecule has 0 spiro atoms. The molecule has 0 heterocycles. The third-order valence-corrected chi connectivity index (χ3v) is 4.32. The Labute approximate surface area is 164 Å². The molecular weight excluding hydrogens is 348 g/mol. The summed E-state index contributed by atoms with van der Waals surface area (Å²) >= 11 is 0. The molecule has 0 fully saturated rings. The van der Waals surface area contributed by atoms with E-state index in [0.717, 1.165) is 22.3 Å². The highest BCUT2D eigenvalue weighted by molar-refractivity contribution is 5.93. The number of aliphatic imine (C=N–C) groups is 1. The lowest BCUT2D eigenvalue weighted by Crippen LogP contribution is -2.10. The van der Waals surface area contributed by atoms with Crippen LogP contribution in [0.3, 0.4) is 0 Å². The number of amides is 1. The van der Waals surface area contributed by atoms with Crippen molar-refractivity contribution >= 4 is 23.5 Å². The van der Waals surface area contributed by atoms with Gasteiger partial charge in [-0.25, -0.2) is 0 Å². The average Bonchev–Trinajstić information content (AvgIpc) is 2.72. The maximum absolute atomic E-state index is 11.2. The summed E-state index contributed by atoms with van der Waals surface area (Å²) in [6, 6.07) is 22.9. The van der Waals surface area contributed by atoms with Crippen LogP contribution in [0.25, 0.3) is 16.8 Å². The maximum Gasteiger partial charge on any atom is 0.248 e. The lowest BCUT2D eigenvalue weighted by molar-refractivity contribution is 0.1000. The van der Waals surface area contributed by atoms with Crippen LogP contribution < -0.4 is 17.2 Å². The molecule has 5 nitrogen and oxygen atoms in total. The third-order valence-electron chi connectivity index (χ3n) is 4.32. The number of benzene rings is 3. The first kappa shape index (κ1) is 18.9. The SMILES string of the molecule is NC(=O)c1cccc(CN=CC=C(N)c2cc(-c3ccccc3)ccc2N)c1. The summed E-state index contributed by atoms with van der Waals surface area (Å²) in [6.45, 7) is 0.421. The molecule has 0 aliphatic rings. The van der Waals surface area contributed by atoms with Crippen LogP contribution in [0.15, 0.2) is 83.9 Å². The van der Waals surface area contributed by atoms with Gasteiger partial charge in [-0.05, 0) is 47.0 Å². The third kappa shape index (κ3) is 4.65. The first-order chi connectivity index (χ1) is 13.5. The molecule has 0 atom stereocenters. The molecule has 6 N–H and O–H groups in total. The van der Waals surface area contributed by atoms with Crippen molar-refractivity contribution in [2.45, 2.75) is 6.54 Å². The van der Waals surface area contributed by atoms with Gasteiger partial charge in [0.05, 0.1) is 6.54 Å². The molecule has 0 aliphatic heterocycles. The number of hydrogen-bond acceptors (Lipinski definition) is 4. The second-order valence-electron chi connectivity index (χ2n) is 6.34. The monoisotopic (exact) mass is 370 g/mol. The molecule has 3 aromatic carbocycles. The highest BCUT2D eigenvalue weighted by Gasteiger charge is 2.05. The molecule has 3 rings (SSSR count). The minimum absolute atomic E-state index is 0.421. The Morgan fingerprint density at radius 3 is 2.43 bits per heavy atom. The number of rotatable bonds is 6. The zero-order valence-corrected chi connectivity index (χ0v) is 15.4. The fraction of sp³-hybridized carbons (Fsp3) is 0.0435. The van der Waals surface area contributed by atoms with Gasteiger partial charge in [-0.2, -0.15) is 0 Å². The minimum atomic E-state index is -0.455. The number of carbonyl (C=O) groups excluding carboxylic acids is 1. The quantitative estimate of drug-likeness (QED) is 0.456. The summed E-state index contributed by atoms with van der Waals surface area (Å²) in [7, 11) is 0. The molecule has 0 radical (unpaired) electrons. The number of allylic oxidation sites excluding steroid dienone is 1. The fourth-order valence-corrected chi connectivity index (χ4v) is 2.82. The van der Waals surface area contributed by atoms with Gasteiger partial charge in [0, 0.05) is 28.7 Å². The number of nitrogens with two attached hydrogens (primary N) is 3. The minimum Gasteiger partial charge on any atom is -0.398 e. The Hall–Kier alpha value is -3.86. The van der Waals surface area contributed by atoms with Crippen molar-refractivity contribution in [1.82, 2.24) is 0 Å². The summed E-state index contributed by atoms with van der Waals surface area (Å²) < 4.78 is 0. The van der Waals surface area contributed by atoms with E-state index in [1.165, 1.54) is 0 Å². The van der Waals surface area contributed by atoms with Crippen LogP contribution in [-0.2, 0) is 6.54 Å². The van der Waals surface area contributed by atoms with Gasteiger partial charge in [-0.3, -0.25) is 9.79 Å². The summed E-state index contributed by atoms with van der Waals surface area (Å²) in [5, 5.41) is 0. The second kappa shape index (κ2) is 8.68. The van der Waals surface area contributed by atoms with Crippen molar-refractivity contribution in [3.63, 3.8) is 0 Å². The van der Waals surface area contributed by atoms with Crippen LogP contribution in [0.5, 0.6) is 0 Å². The molecule has 1 amide bonds. The van der Waals surface area contributed by atoms with Crippen molar-refractivity contribution in [3.05, 3.63) is 95.6 Å². The van der Waals surface area contributed by atoms with Crippen molar-refractivity contribution < 1.29 is 4.79 Å². The first-order valence-corrected chi connectivity index (χ1v) is 8.84. The van der Waals surface area contributed by atoms with Crippen molar-refractivity contribution in [3.8, 4) is 11.1 Å². The molecule has 0 saturated heterocycles. The van der Waals surface area contributed by atoms with Crippen LogP contribution >= 0.6 is 0 Å². The topological polar surface area (TPSA) is 107 Å². The molecule has 0 aliphatic carbocycles. The average molecular weight is 370 g/mol. The Bertz CT molecular complexity index is 1040. The molecular formula is C23H22N4O. The van der Waals surface area contributed by atoms with Crippen molar-refractivity contribution in [2.75, 3.05) is 5.73 Å². The van der Waals surface area contributed by atoms with Gasteiger partial charge in [-0.1, -0.05) is 48.5 Å². The van der Waals surface area contributed by atoms with E-state index in [0.29, 0.717) is 23.5 Å². The number of nitrogens with zero attached hydrogens (tertiary/aromatic N) is 1. The van der Waals surface area contributed by atoms with Crippen molar-refractivity contribution in [2.24, 2.45) is 16.5 Å². The van der Waals surface area contributed by atoms with Crippen LogP contribution in [0.2, 0.25) is 0 Å². The molecule has 0 unspecified atom stereocenters. The zero-order chi connectivity index (χ0) is 19.9. The molecule has 140 valence electrons. The molecule has 28 heavy (non-hydrogen) atoms. The van der Waals surface area contributed by atoms with E-state index in [9.17, 15) is 4.79 Å². The van der Waals surface area contributed by atoms with Crippen LogP contribution in [0, 0.1) is 0 Å². The van der Waals surface area contributed by atoms with Gasteiger partial charge in [0.25, 0.3) is 0 Å². The summed E-state index contributed by atoms with van der Waals surface area (Å²) in [5.74, 6) is -0.455. The first-order valence-electron chi connectivity index (χ1n) is 8.84. The zero-order valence-electron chi connectivity index (χ0n) is 15.4. The number of nitrogen functional groups attached to an aromatic ring is 1. The summed E-state index contributed by atoms with van der Waals surface area (Å²) in [6.07, 6.45) is 3.36. The van der Waals surface area contributed by atoms with E-state index in [1.807, 2.05) is 54.6 Å².